The number of benzene rings is 6. The van der Waals surface area contributed by atoms with E-state index in [9.17, 15) is 5.26 Å². The topological polar surface area (TPSA) is 48.5 Å². The van der Waals surface area contributed by atoms with Crippen LogP contribution in [0.4, 0.5) is 0 Å². The largest absolute Gasteiger partial charge is 0.233 e. The Balaban J connectivity index is 1.28. The average Bonchev–Trinajstić information content (AvgIpc) is 3.21. The van der Waals surface area contributed by atoms with Gasteiger partial charge >= 0.3 is 0 Å². The molecule has 0 saturated carbocycles. The highest BCUT2D eigenvalue weighted by atomic mass is 14.9. The van der Waals surface area contributed by atoms with E-state index in [-0.39, 0.29) is 0 Å². The average molecular weight is 656 g/mol. The second kappa shape index (κ2) is 15.3. The smallest absolute Gasteiger partial charge is 0.160 e. The fraction of sp³-hybridized carbons (Fsp3) is 0.0625. The molecule has 51 heavy (non-hydrogen) atoms. The lowest BCUT2D eigenvalue weighted by molar-refractivity contribution is 1.04. The van der Waals surface area contributed by atoms with Gasteiger partial charge in [-0.05, 0) is 83.0 Å². The lowest BCUT2D eigenvalue weighted by Crippen LogP contribution is -2.04. The van der Waals surface area contributed by atoms with Gasteiger partial charge in [-0.1, -0.05) is 152 Å². The molecule has 0 aliphatic heterocycles. The van der Waals surface area contributed by atoms with Gasteiger partial charge in [0.25, 0.3) is 0 Å². The number of aliphatic imine (C=N–C) groups is 2. The number of nitrogens with zero attached hydrogens (tertiary/aromatic N) is 3. The molecule has 0 atom stereocenters. The van der Waals surface area contributed by atoms with E-state index < -0.39 is 0 Å². The van der Waals surface area contributed by atoms with Crippen molar-refractivity contribution < 1.29 is 0 Å². The van der Waals surface area contributed by atoms with Crippen molar-refractivity contribution in [3.8, 4) is 39.4 Å². The summed E-state index contributed by atoms with van der Waals surface area (Å²) in [6.07, 6.45) is 8.76. The molecule has 0 saturated heterocycles. The van der Waals surface area contributed by atoms with Gasteiger partial charge in [0.2, 0.25) is 0 Å². The van der Waals surface area contributed by atoms with E-state index in [1.807, 2.05) is 85.8 Å². The first kappa shape index (κ1) is 32.9. The maximum Gasteiger partial charge on any atom is 0.160 e. The minimum absolute atomic E-state index is 0.607. The molecule has 6 aromatic carbocycles. The Morgan fingerprint density at radius 3 is 1.80 bits per heavy atom. The molecule has 1 aliphatic rings. The van der Waals surface area contributed by atoms with Crippen LogP contribution >= 0.6 is 0 Å². The Labute approximate surface area is 300 Å². The highest BCUT2D eigenvalue weighted by Gasteiger charge is 2.17. The molecule has 0 radical (unpaired) electrons. The molecular formula is C48H37N3. The van der Waals surface area contributed by atoms with Crippen molar-refractivity contribution in [1.29, 1.82) is 5.26 Å². The number of rotatable bonds is 8. The summed E-state index contributed by atoms with van der Waals surface area (Å²) in [5.41, 5.74) is 13.3. The monoisotopic (exact) mass is 655 g/mol. The minimum atomic E-state index is 0.607. The first-order chi connectivity index (χ1) is 25.1. The molecule has 0 amide bonds. The fourth-order valence-corrected chi connectivity index (χ4v) is 6.41. The van der Waals surface area contributed by atoms with E-state index in [4.69, 9.17) is 9.98 Å². The van der Waals surface area contributed by atoms with Crippen molar-refractivity contribution in [2.24, 2.45) is 9.98 Å². The molecule has 0 aromatic heterocycles. The van der Waals surface area contributed by atoms with Crippen molar-refractivity contribution in [1.82, 2.24) is 0 Å². The molecule has 0 bridgehead atoms. The van der Waals surface area contributed by atoms with Gasteiger partial charge in [0.1, 0.15) is 6.07 Å². The predicted octanol–water partition coefficient (Wildman–Crippen LogP) is 12.2. The van der Waals surface area contributed by atoms with E-state index in [1.54, 1.807) is 0 Å². The van der Waals surface area contributed by atoms with Gasteiger partial charge in [-0.25, -0.2) is 9.98 Å². The highest BCUT2D eigenvalue weighted by molar-refractivity contribution is 6.12. The molecule has 0 spiro atoms. The van der Waals surface area contributed by atoms with Gasteiger partial charge < -0.3 is 0 Å². The standard InChI is InChI=1S/C48H37N3/c1-34(36-17-7-3-8-18-36)50-48(39-23-13-6-14-24-39)51-35(2)40-25-15-26-41(29-40)42-27-16-28-43(30-42)46-32-44(37-19-9-4-10-20-37)31-45(47(46)33-49)38-21-11-5-12-22-38/h3,5-9,11-32H,2,4,10H2,1H3. The zero-order chi connectivity index (χ0) is 35.0. The Bertz CT molecular complexity index is 2370. The molecule has 3 heteroatoms. The molecule has 1 aliphatic carbocycles. The molecule has 7 rings (SSSR count). The maximum absolute atomic E-state index is 10.6. The van der Waals surface area contributed by atoms with Crippen LogP contribution in [0.2, 0.25) is 0 Å². The maximum atomic E-state index is 10.6. The van der Waals surface area contributed by atoms with Crippen LogP contribution in [0.15, 0.2) is 186 Å². The normalized spacial score (nSPS) is 13.0. The van der Waals surface area contributed by atoms with Gasteiger partial charge in [-0.2, -0.15) is 5.26 Å². The number of allylic oxidation sites excluding steroid dienone is 4. The number of hydrogen-bond donors (Lipinski definition) is 0. The summed E-state index contributed by atoms with van der Waals surface area (Å²) < 4.78 is 0. The van der Waals surface area contributed by atoms with Crippen LogP contribution < -0.4 is 0 Å². The van der Waals surface area contributed by atoms with Gasteiger partial charge in [-0.15, -0.1) is 0 Å². The molecule has 0 heterocycles. The van der Waals surface area contributed by atoms with Gasteiger partial charge in [-0.3, -0.25) is 0 Å². The summed E-state index contributed by atoms with van der Waals surface area (Å²) in [6, 6.07) is 54.0. The molecule has 0 unspecified atom stereocenters. The lowest BCUT2D eigenvalue weighted by atomic mass is 9.86. The van der Waals surface area contributed by atoms with E-state index in [2.05, 4.69) is 104 Å². The molecule has 0 N–H and O–H groups in total. The van der Waals surface area contributed by atoms with Crippen molar-refractivity contribution in [2.45, 2.75) is 19.8 Å². The first-order valence-electron chi connectivity index (χ1n) is 17.2. The SMILES string of the molecule is C=C(N=C(N=C(C)c1ccccc1)c1ccccc1)c1cccc(-c2cccc(-c3cc(C4=CCCC=C4)cc(-c4ccccc4)c3C#N)c2)c1. The zero-order valence-corrected chi connectivity index (χ0v) is 28.6. The summed E-state index contributed by atoms with van der Waals surface area (Å²) in [5, 5.41) is 10.6. The van der Waals surface area contributed by atoms with E-state index >= 15 is 0 Å². The molecule has 0 fully saturated rings. The fourth-order valence-electron chi connectivity index (χ4n) is 6.41. The summed E-state index contributed by atoms with van der Waals surface area (Å²) in [6.45, 7) is 6.39. The van der Waals surface area contributed by atoms with E-state index in [0.29, 0.717) is 17.1 Å². The third-order valence-electron chi connectivity index (χ3n) is 9.10. The highest BCUT2D eigenvalue weighted by Crippen LogP contribution is 2.38. The van der Waals surface area contributed by atoms with Crippen LogP contribution in [0, 0.1) is 11.3 Å². The van der Waals surface area contributed by atoms with Gasteiger partial charge in [0, 0.05) is 28.0 Å². The van der Waals surface area contributed by atoms with Gasteiger partial charge in [0.15, 0.2) is 5.84 Å². The Morgan fingerprint density at radius 1 is 0.569 bits per heavy atom. The minimum Gasteiger partial charge on any atom is -0.233 e. The van der Waals surface area contributed by atoms with Crippen LogP contribution in [0.25, 0.3) is 44.7 Å². The molecular weight excluding hydrogens is 619 g/mol. The van der Waals surface area contributed by atoms with Gasteiger partial charge in [0.05, 0.1) is 11.3 Å². The van der Waals surface area contributed by atoms with Crippen molar-refractivity contribution >= 4 is 22.8 Å². The summed E-state index contributed by atoms with van der Waals surface area (Å²) >= 11 is 0. The predicted molar refractivity (Wildman–Crippen MR) is 214 cm³/mol. The van der Waals surface area contributed by atoms with Crippen molar-refractivity contribution in [2.75, 3.05) is 0 Å². The van der Waals surface area contributed by atoms with Crippen LogP contribution in [-0.4, -0.2) is 11.5 Å². The number of nitriles is 1. The summed E-state index contributed by atoms with van der Waals surface area (Å²) in [7, 11) is 0. The first-order valence-corrected chi connectivity index (χ1v) is 17.2. The second-order valence-corrected chi connectivity index (χ2v) is 12.5. The number of hydrogen-bond acceptors (Lipinski definition) is 2. The summed E-state index contributed by atoms with van der Waals surface area (Å²) in [5.74, 6) is 0.607. The third-order valence-corrected chi connectivity index (χ3v) is 9.10. The molecule has 6 aromatic rings. The Kier molecular flexibility index (Phi) is 9.86. The van der Waals surface area contributed by atoms with E-state index in [1.165, 1.54) is 5.57 Å². The van der Waals surface area contributed by atoms with Crippen molar-refractivity contribution in [3.63, 3.8) is 0 Å². The van der Waals surface area contributed by atoms with Crippen LogP contribution in [0.5, 0.6) is 0 Å². The summed E-state index contributed by atoms with van der Waals surface area (Å²) in [4.78, 5) is 9.95. The molecule has 3 nitrogen and oxygen atoms in total. The Hall–Kier alpha value is -6.63. The van der Waals surface area contributed by atoms with E-state index in [0.717, 1.165) is 74.2 Å². The van der Waals surface area contributed by atoms with Crippen molar-refractivity contribution in [3.05, 3.63) is 204 Å². The van der Waals surface area contributed by atoms with Crippen LogP contribution in [0.3, 0.4) is 0 Å². The third kappa shape index (κ3) is 7.52. The quantitative estimate of drug-likeness (QED) is 0.119. The van der Waals surface area contributed by atoms with Crippen LogP contribution in [0.1, 0.15) is 47.6 Å². The number of amidine groups is 1. The molecule has 244 valence electrons. The lowest BCUT2D eigenvalue weighted by Gasteiger charge is -2.16. The van der Waals surface area contributed by atoms with Crippen LogP contribution in [-0.2, 0) is 0 Å². The zero-order valence-electron chi connectivity index (χ0n) is 28.6. The Morgan fingerprint density at radius 2 is 1.14 bits per heavy atom. The second-order valence-electron chi connectivity index (χ2n) is 12.5.